The van der Waals surface area contributed by atoms with Crippen LogP contribution in [0.25, 0.3) is 22.6 Å². The van der Waals surface area contributed by atoms with Crippen molar-refractivity contribution in [1.29, 1.82) is 5.26 Å². The number of aromatic amines is 1. The van der Waals surface area contributed by atoms with E-state index >= 15 is 0 Å². The number of nitriles is 1. The Hall–Kier alpha value is -4.02. The van der Waals surface area contributed by atoms with Crippen LogP contribution in [0.3, 0.4) is 0 Å². The number of amides is 1. The number of halogens is 2. The number of hydrogen-bond acceptors (Lipinski definition) is 4. The highest BCUT2D eigenvalue weighted by molar-refractivity contribution is 6.33. The Bertz CT molecular complexity index is 1300. The average Bonchev–Trinajstić information content (AvgIpc) is 3.23. The van der Waals surface area contributed by atoms with Gasteiger partial charge in [-0.25, -0.2) is 14.4 Å². The van der Waals surface area contributed by atoms with Crippen molar-refractivity contribution in [2.45, 2.75) is 13.3 Å². The third-order valence-corrected chi connectivity index (χ3v) is 5.24. The lowest BCUT2D eigenvalue weighted by Crippen LogP contribution is -2.12. The Kier molecular flexibility index (Phi) is 5.97. The third kappa shape index (κ3) is 4.22. The van der Waals surface area contributed by atoms with Gasteiger partial charge in [-0.3, -0.25) is 4.79 Å². The molecular weight excluding hydrogens is 429 g/mol. The summed E-state index contributed by atoms with van der Waals surface area (Å²) in [7, 11) is 0. The van der Waals surface area contributed by atoms with Crippen molar-refractivity contribution in [2.24, 2.45) is 0 Å². The Morgan fingerprint density at radius 1 is 1.19 bits per heavy atom. The number of carbonyl (C=O) groups is 1. The first-order chi connectivity index (χ1) is 15.5. The summed E-state index contributed by atoms with van der Waals surface area (Å²) in [4.78, 5) is 23.8. The van der Waals surface area contributed by atoms with E-state index in [1.54, 1.807) is 30.3 Å². The van der Waals surface area contributed by atoms with Gasteiger partial charge in [0, 0.05) is 17.3 Å². The van der Waals surface area contributed by atoms with E-state index in [4.69, 9.17) is 11.6 Å². The number of benzene rings is 2. The number of pyridine rings is 1. The normalized spacial score (nSPS) is 10.6. The number of imidazole rings is 1. The number of nitrogens with zero attached hydrogens (tertiary/aromatic N) is 3. The fraction of sp³-hybridized carbons (Fsp3) is 0.0833. The maximum absolute atomic E-state index is 14.3. The number of nitrogens with one attached hydrogen (secondary N) is 2. The number of aromatic nitrogens is 3. The highest BCUT2D eigenvalue weighted by Crippen LogP contribution is 2.32. The minimum absolute atomic E-state index is 0.0777. The third-order valence-electron chi connectivity index (χ3n) is 4.93. The van der Waals surface area contributed by atoms with Gasteiger partial charge in [0.15, 0.2) is 5.69 Å². The van der Waals surface area contributed by atoms with Gasteiger partial charge in [0.05, 0.1) is 16.3 Å². The first-order valence-electron chi connectivity index (χ1n) is 9.81. The van der Waals surface area contributed by atoms with Crippen LogP contribution in [0.2, 0.25) is 5.02 Å². The summed E-state index contributed by atoms with van der Waals surface area (Å²) in [5.74, 6) is -0.324. The van der Waals surface area contributed by atoms with E-state index in [0.717, 1.165) is 12.0 Å². The van der Waals surface area contributed by atoms with Gasteiger partial charge in [-0.05, 0) is 48.4 Å². The predicted molar refractivity (Wildman–Crippen MR) is 121 cm³/mol. The number of carbonyl (C=O) groups excluding carboxylic acids is 1. The van der Waals surface area contributed by atoms with Crippen LogP contribution in [0.4, 0.5) is 10.2 Å². The van der Waals surface area contributed by atoms with Gasteiger partial charge in [-0.1, -0.05) is 36.7 Å². The molecule has 4 aromatic rings. The quantitative estimate of drug-likeness (QED) is 0.417. The lowest BCUT2D eigenvalue weighted by atomic mass is 10.1. The van der Waals surface area contributed by atoms with Crippen molar-refractivity contribution in [2.75, 3.05) is 5.32 Å². The van der Waals surface area contributed by atoms with Crippen LogP contribution in [0.15, 0.2) is 60.8 Å². The second-order valence-electron chi connectivity index (χ2n) is 6.95. The van der Waals surface area contributed by atoms with Crippen molar-refractivity contribution in [3.63, 3.8) is 0 Å². The minimum Gasteiger partial charge on any atom is -0.337 e. The number of anilines is 1. The standard InChI is InChI=1S/C24H17ClFN5O/c1-2-14-6-8-15(9-7-14)24(32)30-20-11-10-16(13-28-20)22-19(12-27)29-23(31-22)21-17(25)4-3-5-18(21)26/h3-11,13H,2H2,1H3,(H,29,31)(H,28,30,32). The van der Waals surface area contributed by atoms with Crippen molar-refractivity contribution in [3.05, 3.63) is 88.5 Å². The van der Waals surface area contributed by atoms with Crippen LogP contribution < -0.4 is 5.32 Å². The monoisotopic (exact) mass is 445 g/mol. The van der Waals surface area contributed by atoms with Crippen LogP contribution >= 0.6 is 11.6 Å². The van der Waals surface area contributed by atoms with Crippen molar-refractivity contribution >= 4 is 23.3 Å². The van der Waals surface area contributed by atoms with Gasteiger partial charge in [-0.2, -0.15) is 5.26 Å². The van der Waals surface area contributed by atoms with Gasteiger partial charge in [0.25, 0.3) is 5.91 Å². The summed E-state index contributed by atoms with van der Waals surface area (Å²) in [6, 6.07) is 17.0. The SMILES string of the molecule is CCc1ccc(C(=O)Nc2ccc(-c3[nH]c(-c4c(F)cccc4Cl)nc3C#N)cn2)cc1. The van der Waals surface area contributed by atoms with E-state index in [-0.39, 0.29) is 28.0 Å². The fourth-order valence-corrected chi connectivity index (χ4v) is 3.45. The zero-order valence-electron chi connectivity index (χ0n) is 17.0. The molecule has 32 heavy (non-hydrogen) atoms. The lowest BCUT2D eigenvalue weighted by molar-refractivity contribution is 0.102. The zero-order valence-corrected chi connectivity index (χ0v) is 17.7. The highest BCUT2D eigenvalue weighted by atomic mass is 35.5. The molecule has 0 aliphatic heterocycles. The van der Waals surface area contributed by atoms with Crippen LogP contribution in [-0.4, -0.2) is 20.9 Å². The van der Waals surface area contributed by atoms with E-state index in [2.05, 4.69) is 20.3 Å². The summed E-state index contributed by atoms with van der Waals surface area (Å²) in [6.45, 7) is 2.05. The molecule has 0 aliphatic carbocycles. The molecule has 0 fully saturated rings. The van der Waals surface area contributed by atoms with Crippen molar-refractivity contribution in [3.8, 4) is 28.7 Å². The summed E-state index contributed by atoms with van der Waals surface area (Å²) in [5, 5.41) is 12.4. The Balaban J connectivity index is 1.58. The smallest absolute Gasteiger partial charge is 0.256 e. The predicted octanol–water partition coefficient (Wildman–Crippen LogP) is 5.62. The number of aryl methyl sites for hydroxylation is 1. The molecule has 158 valence electrons. The fourth-order valence-electron chi connectivity index (χ4n) is 3.20. The maximum atomic E-state index is 14.3. The molecule has 2 N–H and O–H groups in total. The van der Waals surface area contributed by atoms with Crippen LogP contribution in [0.5, 0.6) is 0 Å². The minimum atomic E-state index is -0.551. The Labute approximate surface area is 188 Å². The topological polar surface area (TPSA) is 94.5 Å². The molecule has 0 bridgehead atoms. The molecule has 0 radical (unpaired) electrons. The second kappa shape index (κ2) is 9.00. The first-order valence-corrected chi connectivity index (χ1v) is 10.2. The molecular formula is C24H17ClFN5O. The molecule has 4 rings (SSSR count). The maximum Gasteiger partial charge on any atom is 0.256 e. The molecule has 0 spiro atoms. The summed E-state index contributed by atoms with van der Waals surface area (Å²) >= 11 is 6.12. The van der Waals surface area contributed by atoms with Gasteiger partial charge in [-0.15, -0.1) is 0 Å². The molecule has 6 nitrogen and oxygen atoms in total. The van der Waals surface area contributed by atoms with E-state index in [0.29, 0.717) is 22.6 Å². The van der Waals surface area contributed by atoms with Gasteiger partial charge >= 0.3 is 0 Å². The molecule has 2 heterocycles. The first kappa shape index (κ1) is 21.2. The van der Waals surface area contributed by atoms with E-state index < -0.39 is 5.82 Å². The lowest BCUT2D eigenvalue weighted by Gasteiger charge is -2.06. The zero-order chi connectivity index (χ0) is 22.7. The summed E-state index contributed by atoms with van der Waals surface area (Å²) in [6.07, 6.45) is 2.39. The molecule has 2 aromatic carbocycles. The Morgan fingerprint density at radius 2 is 1.97 bits per heavy atom. The second-order valence-corrected chi connectivity index (χ2v) is 7.36. The molecule has 0 saturated heterocycles. The molecule has 0 saturated carbocycles. The number of hydrogen-bond donors (Lipinski definition) is 2. The summed E-state index contributed by atoms with van der Waals surface area (Å²) < 4.78 is 14.3. The van der Waals surface area contributed by atoms with Gasteiger partial charge in [0.2, 0.25) is 0 Å². The van der Waals surface area contributed by atoms with Gasteiger partial charge < -0.3 is 10.3 Å². The van der Waals surface area contributed by atoms with Crippen molar-refractivity contribution < 1.29 is 9.18 Å². The van der Waals surface area contributed by atoms with E-state index in [9.17, 15) is 14.4 Å². The molecule has 0 atom stereocenters. The summed E-state index contributed by atoms with van der Waals surface area (Å²) in [5.41, 5.74) is 2.77. The number of rotatable bonds is 5. The highest BCUT2D eigenvalue weighted by Gasteiger charge is 2.18. The largest absolute Gasteiger partial charge is 0.337 e. The van der Waals surface area contributed by atoms with E-state index in [1.807, 2.05) is 25.1 Å². The molecule has 8 heteroatoms. The molecule has 1 amide bonds. The van der Waals surface area contributed by atoms with E-state index in [1.165, 1.54) is 18.3 Å². The molecule has 0 unspecified atom stereocenters. The van der Waals surface area contributed by atoms with Crippen LogP contribution in [0.1, 0.15) is 28.5 Å². The van der Waals surface area contributed by atoms with Gasteiger partial charge in [0.1, 0.15) is 23.5 Å². The number of H-pyrrole nitrogens is 1. The average molecular weight is 446 g/mol. The molecule has 0 aliphatic rings. The van der Waals surface area contributed by atoms with Crippen LogP contribution in [0, 0.1) is 17.1 Å². The van der Waals surface area contributed by atoms with Crippen LogP contribution in [-0.2, 0) is 6.42 Å². The molecule has 2 aromatic heterocycles. The Morgan fingerprint density at radius 3 is 2.59 bits per heavy atom. The van der Waals surface area contributed by atoms with Crippen molar-refractivity contribution in [1.82, 2.24) is 15.0 Å².